The highest BCUT2D eigenvalue weighted by Gasteiger charge is 2.18. The topological polar surface area (TPSA) is 36.7 Å². The maximum Gasteiger partial charge on any atom is 0.0659 e. The molecule has 0 bridgehead atoms. The molecule has 0 radical (unpaired) electrons. The molecule has 1 aliphatic rings. The van der Waals surface area contributed by atoms with Crippen molar-refractivity contribution in [1.29, 1.82) is 5.26 Å². The van der Waals surface area contributed by atoms with Crippen molar-refractivity contribution < 1.29 is 0 Å². The van der Waals surface area contributed by atoms with Gasteiger partial charge in [-0.25, -0.2) is 0 Å². The molecule has 0 amide bonds. The van der Waals surface area contributed by atoms with Crippen molar-refractivity contribution in [2.24, 2.45) is 5.92 Å². The first-order valence-corrected chi connectivity index (χ1v) is 6.28. The lowest BCUT2D eigenvalue weighted by Gasteiger charge is -2.20. The highest BCUT2D eigenvalue weighted by molar-refractivity contribution is 5.64. The van der Waals surface area contributed by atoms with Crippen LogP contribution in [0.4, 0.5) is 0 Å². The van der Waals surface area contributed by atoms with E-state index in [1.54, 1.807) is 6.20 Å². The summed E-state index contributed by atoms with van der Waals surface area (Å²) in [6.07, 6.45) is 6.59. The fraction of sp³-hybridized carbons (Fsp3) is 0.250. The minimum atomic E-state index is 0.196. The fourth-order valence-corrected chi connectivity index (χ4v) is 2.58. The Balaban J connectivity index is 1.96. The molecule has 1 aromatic carbocycles. The molecule has 1 heterocycles. The summed E-state index contributed by atoms with van der Waals surface area (Å²) in [5.74, 6) is 0.196. The number of fused-ring (bicyclic) bond motifs is 1. The molecule has 88 valence electrons. The number of rotatable bonds is 1. The predicted octanol–water partition coefficient (Wildman–Crippen LogP) is 3.38. The Morgan fingerprint density at radius 2 is 2.11 bits per heavy atom. The summed E-state index contributed by atoms with van der Waals surface area (Å²) in [5.41, 5.74) is 5.10. The van der Waals surface area contributed by atoms with Crippen LogP contribution in [0.3, 0.4) is 0 Å². The second kappa shape index (κ2) is 4.62. The van der Waals surface area contributed by atoms with Crippen LogP contribution in [0.2, 0.25) is 0 Å². The van der Waals surface area contributed by atoms with Gasteiger partial charge in [0.1, 0.15) is 0 Å². The molecule has 1 atom stereocenters. The van der Waals surface area contributed by atoms with Crippen molar-refractivity contribution in [2.45, 2.75) is 19.3 Å². The maximum absolute atomic E-state index is 8.99. The largest absolute Gasteiger partial charge is 0.264 e. The highest BCUT2D eigenvalue weighted by atomic mass is 14.6. The quantitative estimate of drug-likeness (QED) is 0.758. The second-order valence-electron chi connectivity index (χ2n) is 4.79. The van der Waals surface area contributed by atoms with Crippen molar-refractivity contribution in [3.8, 4) is 17.2 Å². The number of aromatic nitrogens is 1. The second-order valence-corrected chi connectivity index (χ2v) is 4.79. The number of pyridine rings is 1. The van der Waals surface area contributed by atoms with Crippen molar-refractivity contribution >= 4 is 0 Å². The van der Waals surface area contributed by atoms with Crippen LogP contribution < -0.4 is 0 Å². The van der Waals surface area contributed by atoms with Crippen LogP contribution in [0.1, 0.15) is 17.5 Å². The minimum absolute atomic E-state index is 0.196. The van der Waals surface area contributed by atoms with Gasteiger partial charge in [0.2, 0.25) is 0 Å². The molecule has 3 rings (SSSR count). The molecule has 0 N–H and O–H groups in total. The summed E-state index contributed by atoms with van der Waals surface area (Å²) in [5, 5.41) is 8.99. The van der Waals surface area contributed by atoms with Gasteiger partial charge in [-0.2, -0.15) is 5.26 Å². The monoisotopic (exact) mass is 234 g/mol. The van der Waals surface area contributed by atoms with E-state index in [4.69, 9.17) is 5.26 Å². The summed E-state index contributed by atoms with van der Waals surface area (Å²) in [4.78, 5) is 4.16. The maximum atomic E-state index is 8.99. The lowest BCUT2D eigenvalue weighted by atomic mass is 9.83. The van der Waals surface area contributed by atoms with Gasteiger partial charge in [0.15, 0.2) is 0 Å². The van der Waals surface area contributed by atoms with E-state index in [9.17, 15) is 0 Å². The molecule has 2 aromatic rings. The Morgan fingerprint density at radius 1 is 1.17 bits per heavy atom. The third kappa shape index (κ3) is 2.00. The Bertz CT molecular complexity index is 596. The lowest BCUT2D eigenvalue weighted by Crippen LogP contribution is -2.12. The molecule has 2 nitrogen and oxygen atoms in total. The van der Waals surface area contributed by atoms with Crippen LogP contribution >= 0.6 is 0 Å². The zero-order valence-corrected chi connectivity index (χ0v) is 10.1. The molecule has 2 heteroatoms. The Kier molecular flexibility index (Phi) is 2.82. The van der Waals surface area contributed by atoms with Gasteiger partial charge >= 0.3 is 0 Å². The van der Waals surface area contributed by atoms with E-state index >= 15 is 0 Å². The van der Waals surface area contributed by atoms with Crippen LogP contribution in [-0.2, 0) is 12.8 Å². The molecule has 0 unspecified atom stereocenters. The molecule has 0 fully saturated rings. The number of benzene rings is 1. The average molecular weight is 234 g/mol. The van der Waals surface area contributed by atoms with Crippen molar-refractivity contribution in [1.82, 2.24) is 4.98 Å². The Hall–Kier alpha value is -2.14. The molecule has 18 heavy (non-hydrogen) atoms. The first-order valence-electron chi connectivity index (χ1n) is 6.28. The van der Waals surface area contributed by atoms with E-state index < -0.39 is 0 Å². The third-order valence-corrected chi connectivity index (χ3v) is 3.61. The molecule has 0 spiro atoms. The number of hydrogen-bond donors (Lipinski definition) is 0. The van der Waals surface area contributed by atoms with Gasteiger partial charge in [-0.3, -0.25) is 4.98 Å². The molecule has 1 aliphatic carbocycles. The van der Waals surface area contributed by atoms with Gasteiger partial charge in [0, 0.05) is 12.4 Å². The summed E-state index contributed by atoms with van der Waals surface area (Å²) >= 11 is 0. The van der Waals surface area contributed by atoms with Crippen LogP contribution in [0, 0.1) is 17.2 Å². The van der Waals surface area contributed by atoms with Gasteiger partial charge in [0.05, 0.1) is 12.0 Å². The zero-order valence-electron chi connectivity index (χ0n) is 10.1. The average Bonchev–Trinajstić information content (AvgIpc) is 2.47. The van der Waals surface area contributed by atoms with Gasteiger partial charge < -0.3 is 0 Å². The molecule has 0 saturated heterocycles. The van der Waals surface area contributed by atoms with Gasteiger partial charge in [0.25, 0.3) is 0 Å². The van der Waals surface area contributed by atoms with E-state index in [0.717, 1.165) is 24.8 Å². The van der Waals surface area contributed by atoms with E-state index in [2.05, 4.69) is 35.3 Å². The van der Waals surface area contributed by atoms with E-state index in [1.807, 2.05) is 12.3 Å². The normalized spacial score (nSPS) is 17.8. The number of hydrogen-bond acceptors (Lipinski definition) is 2. The third-order valence-electron chi connectivity index (χ3n) is 3.61. The summed E-state index contributed by atoms with van der Waals surface area (Å²) in [7, 11) is 0. The van der Waals surface area contributed by atoms with E-state index in [0.29, 0.717) is 0 Å². The summed E-state index contributed by atoms with van der Waals surface area (Å²) in [6, 6.07) is 13.0. The van der Waals surface area contributed by atoms with Crippen LogP contribution in [-0.4, -0.2) is 4.98 Å². The fourth-order valence-electron chi connectivity index (χ4n) is 2.58. The molecule has 0 aliphatic heterocycles. The summed E-state index contributed by atoms with van der Waals surface area (Å²) in [6.45, 7) is 0. The number of nitriles is 1. The van der Waals surface area contributed by atoms with Crippen LogP contribution in [0.15, 0.2) is 42.7 Å². The van der Waals surface area contributed by atoms with E-state index in [1.165, 1.54) is 16.7 Å². The Morgan fingerprint density at radius 3 is 2.89 bits per heavy atom. The molecule has 0 saturated carbocycles. The van der Waals surface area contributed by atoms with Gasteiger partial charge in [-0.15, -0.1) is 0 Å². The standard InChI is InChI=1S/C16H14N2/c17-10-12-3-4-14-9-15(6-5-13(14)8-12)16-2-1-7-18-11-16/h1-2,5-7,9,11-12H,3-4,8H2/t12-/m0/s1. The SMILES string of the molecule is N#C[C@H]1CCc2cc(-c3cccnc3)ccc2C1. The Labute approximate surface area is 107 Å². The predicted molar refractivity (Wildman–Crippen MR) is 70.8 cm³/mol. The molecular weight excluding hydrogens is 220 g/mol. The van der Waals surface area contributed by atoms with Crippen molar-refractivity contribution in [3.05, 3.63) is 53.9 Å². The number of nitrogens with zero attached hydrogens (tertiary/aromatic N) is 2. The highest BCUT2D eigenvalue weighted by Crippen LogP contribution is 2.29. The van der Waals surface area contributed by atoms with E-state index in [-0.39, 0.29) is 5.92 Å². The lowest BCUT2D eigenvalue weighted by molar-refractivity contribution is 0.565. The summed E-state index contributed by atoms with van der Waals surface area (Å²) < 4.78 is 0. The smallest absolute Gasteiger partial charge is 0.0659 e. The van der Waals surface area contributed by atoms with Crippen molar-refractivity contribution in [2.75, 3.05) is 0 Å². The zero-order chi connectivity index (χ0) is 12.4. The van der Waals surface area contributed by atoms with Gasteiger partial charge in [-0.05, 0) is 47.6 Å². The van der Waals surface area contributed by atoms with Crippen LogP contribution in [0.5, 0.6) is 0 Å². The molecule has 1 aromatic heterocycles. The first-order chi connectivity index (χ1) is 8.86. The molecular formula is C16H14N2. The van der Waals surface area contributed by atoms with Crippen LogP contribution in [0.25, 0.3) is 11.1 Å². The minimum Gasteiger partial charge on any atom is -0.264 e. The number of aryl methyl sites for hydroxylation is 1. The van der Waals surface area contributed by atoms with Gasteiger partial charge in [-0.1, -0.05) is 24.3 Å². The first kappa shape index (κ1) is 11.0. The van der Waals surface area contributed by atoms with Crippen molar-refractivity contribution in [3.63, 3.8) is 0 Å².